The van der Waals surface area contributed by atoms with Gasteiger partial charge in [-0.1, -0.05) is 35.3 Å². The predicted octanol–water partition coefficient (Wildman–Crippen LogP) is 3.04. The van der Waals surface area contributed by atoms with Crippen molar-refractivity contribution < 1.29 is 22.7 Å². The average Bonchev–Trinajstić information content (AvgIpc) is 2.91. The van der Waals surface area contributed by atoms with Gasteiger partial charge in [-0.15, -0.1) is 0 Å². The number of nitrogens with one attached hydrogen (secondary N) is 1. The van der Waals surface area contributed by atoms with E-state index in [9.17, 15) is 13.2 Å². The van der Waals surface area contributed by atoms with Crippen LogP contribution in [-0.2, 0) is 19.6 Å². The normalized spacial score (nSPS) is 15.7. The van der Waals surface area contributed by atoms with Crippen molar-refractivity contribution >= 4 is 45.0 Å². The Hall–Kier alpha value is -2.29. The Morgan fingerprint density at radius 1 is 1.14 bits per heavy atom. The van der Waals surface area contributed by atoms with Crippen molar-refractivity contribution in [3.8, 4) is 5.75 Å². The molecule has 1 aliphatic heterocycles. The first-order valence-corrected chi connectivity index (χ1v) is 10.5. The summed E-state index contributed by atoms with van der Waals surface area (Å²) in [7, 11) is -3.55. The maximum Gasteiger partial charge on any atom is 0.344 e. The molecule has 0 amide bonds. The van der Waals surface area contributed by atoms with Crippen molar-refractivity contribution in [2.75, 3.05) is 19.8 Å². The van der Waals surface area contributed by atoms with E-state index in [2.05, 4.69) is 9.71 Å². The number of nitrogens with zero attached hydrogens (tertiary/aromatic N) is 1. The maximum absolute atomic E-state index is 12.0. The highest BCUT2D eigenvalue weighted by Crippen LogP contribution is 2.27. The minimum Gasteiger partial charge on any atom is -0.480 e. The smallest absolute Gasteiger partial charge is 0.344 e. The molecular formula is C18H16Cl2N2O5S. The summed E-state index contributed by atoms with van der Waals surface area (Å²) in [4.78, 5) is 16.2. The molecule has 0 saturated carbocycles. The van der Waals surface area contributed by atoms with Gasteiger partial charge >= 0.3 is 5.97 Å². The van der Waals surface area contributed by atoms with Crippen molar-refractivity contribution in [3.63, 3.8) is 0 Å². The predicted molar refractivity (Wildman–Crippen MR) is 106 cm³/mol. The number of aliphatic imine (C=N–C) groups is 1. The molecule has 10 heteroatoms. The Balaban J connectivity index is 1.43. The molecule has 0 atom stereocenters. The van der Waals surface area contributed by atoms with E-state index in [4.69, 9.17) is 32.7 Å². The summed E-state index contributed by atoms with van der Waals surface area (Å²) in [6.07, 6.45) is 0.431. The Bertz CT molecular complexity index is 1020. The van der Waals surface area contributed by atoms with E-state index in [0.717, 1.165) is 0 Å². The molecule has 2 aromatic rings. The van der Waals surface area contributed by atoms with E-state index >= 15 is 0 Å². The lowest BCUT2D eigenvalue weighted by Gasteiger charge is -2.08. The molecule has 1 aliphatic rings. The molecule has 0 aliphatic carbocycles. The van der Waals surface area contributed by atoms with Crippen LogP contribution in [0.4, 0.5) is 0 Å². The van der Waals surface area contributed by atoms with Gasteiger partial charge in [0.2, 0.25) is 0 Å². The molecule has 0 fully saturated rings. The largest absolute Gasteiger partial charge is 0.480 e. The van der Waals surface area contributed by atoms with Crippen LogP contribution >= 0.6 is 23.2 Å². The van der Waals surface area contributed by atoms with Gasteiger partial charge in [-0.05, 0) is 30.3 Å². The van der Waals surface area contributed by atoms with Gasteiger partial charge in [0, 0.05) is 23.6 Å². The van der Waals surface area contributed by atoms with Crippen molar-refractivity contribution in [3.05, 3.63) is 58.1 Å². The van der Waals surface area contributed by atoms with Gasteiger partial charge in [0.05, 0.1) is 16.5 Å². The third kappa shape index (κ3) is 4.95. The van der Waals surface area contributed by atoms with Gasteiger partial charge < -0.3 is 9.47 Å². The second kappa shape index (κ2) is 8.81. The first kappa shape index (κ1) is 20.4. The highest BCUT2D eigenvalue weighted by Gasteiger charge is 2.29. The van der Waals surface area contributed by atoms with Crippen LogP contribution in [0.5, 0.6) is 5.75 Å². The van der Waals surface area contributed by atoms with Crippen LogP contribution in [0.2, 0.25) is 10.0 Å². The lowest BCUT2D eigenvalue weighted by atomic mass is 10.2. The van der Waals surface area contributed by atoms with Gasteiger partial charge in [-0.2, -0.15) is 0 Å². The van der Waals surface area contributed by atoms with E-state index in [-0.39, 0.29) is 18.1 Å². The van der Waals surface area contributed by atoms with Crippen LogP contribution in [0.1, 0.15) is 12.0 Å². The molecule has 28 heavy (non-hydrogen) atoms. The number of carbonyl (C=O) groups is 1. The zero-order chi connectivity index (χ0) is 20.1. The maximum atomic E-state index is 12.0. The number of amidine groups is 1. The molecule has 148 valence electrons. The molecule has 0 unspecified atom stereocenters. The number of rotatable bonds is 7. The zero-order valence-corrected chi connectivity index (χ0v) is 16.9. The monoisotopic (exact) mass is 442 g/mol. The Labute approximate surface area is 172 Å². The lowest BCUT2D eigenvalue weighted by molar-refractivity contribution is -0.146. The van der Waals surface area contributed by atoms with Crippen LogP contribution in [0, 0.1) is 0 Å². The summed E-state index contributed by atoms with van der Waals surface area (Å²) in [6, 6.07) is 11.3. The van der Waals surface area contributed by atoms with Gasteiger partial charge in [0.1, 0.15) is 11.6 Å². The third-order valence-corrected chi connectivity index (χ3v) is 5.67. The van der Waals surface area contributed by atoms with E-state index in [1.165, 1.54) is 12.1 Å². The highest BCUT2D eigenvalue weighted by molar-refractivity contribution is 7.90. The van der Waals surface area contributed by atoms with Crippen LogP contribution in [0.25, 0.3) is 0 Å². The van der Waals surface area contributed by atoms with E-state index < -0.39 is 16.0 Å². The molecule has 2 aromatic carbocycles. The summed E-state index contributed by atoms with van der Waals surface area (Å²) in [6.45, 7) is 0.133. The fraction of sp³-hybridized carbons (Fsp3) is 0.222. The van der Waals surface area contributed by atoms with Gasteiger partial charge in [0.15, 0.2) is 6.61 Å². The first-order chi connectivity index (χ1) is 13.4. The van der Waals surface area contributed by atoms with Crippen LogP contribution in [-0.4, -0.2) is 40.0 Å². The summed E-state index contributed by atoms with van der Waals surface area (Å²) >= 11 is 11.7. The number of carbonyl (C=O) groups excluding carboxylic acids is 1. The second-order valence-electron chi connectivity index (χ2n) is 5.77. The minimum atomic E-state index is -3.55. The first-order valence-electron chi connectivity index (χ1n) is 8.27. The molecule has 0 spiro atoms. The number of esters is 1. The highest BCUT2D eigenvalue weighted by atomic mass is 35.5. The van der Waals surface area contributed by atoms with E-state index in [1.807, 2.05) is 0 Å². The molecule has 0 bridgehead atoms. The number of hydrogen-bond donors (Lipinski definition) is 1. The zero-order valence-electron chi connectivity index (χ0n) is 14.5. The van der Waals surface area contributed by atoms with Gasteiger partial charge in [-0.25, -0.2) is 13.2 Å². The third-order valence-electron chi connectivity index (χ3n) is 3.74. The number of fused-ring (bicyclic) bond motifs is 1. The van der Waals surface area contributed by atoms with Crippen molar-refractivity contribution in [2.24, 2.45) is 4.99 Å². The second-order valence-corrected chi connectivity index (χ2v) is 8.26. The summed E-state index contributed by atoms with van der Waals surface area (Å²) in [5.74, 6) is 0.0785. The van der Waals surface area contributed by atoms with Crippen LogP contribution in [0.3, 0.4) is 0 Å². The lowest BCUT2D eigenvalue weighted by Crippen LogP contribution is -2.22. The Morgan fingerprint density at radius 3 is 2.71 bits per heavy atom. The van der Waals surface area contributed by atoms with Gasteiger partial charge in [0.25, 0.3) is 10.0 Å². The Kier molecular flexibility index (Phi) is 6.43. The average molecular weight is 443 g/mol. The molecule has 0 saturated heterocycles. The number of halogens is 2. The molecular weight excluding hydrogens is 427 g/mol. The summed E-state index contributed by atoms with van der Waals surface area (Å²) in [5, 5.41) is 0.768. The van der Waals surface area contributed by atoms with Crippen molar-refractivity contribution in [1.82, 2.24) is 4.72 Å². The molecule has 1 N–H and O–H groups in total. The molecule has 0 radical (unpaired) electrons. The van der Waals surface area contributed by atoms with Gasteiger partial charge in [-0.3, -0.25) is 9.71 Å². The molecule has 7 nitrogen and oxygen atoms in total. The van der Waals surface area contributed by atoms with Crippen LogP contribution < -0.4 is 9.46 Å². The topological polar surface area (TPSA) is 94.1 Å². The Morgan fingerprint density at radius 2 is 1.93 bits per heavy atom. The fourth-order valence-electron chi connectivity index (χ4n) is 2.46. The molecule has 3 rings (SSSR count). The molecule has 1 heterocycles. The van der Waals surface area contributed by atoms with Crippen molar-refractivity contribution in [2.45, 2.75) is 11.3 Å². The summed E-state index contributed by atoms with van der Waals surface area (Å²) in [5.41, 5.74) is 0.535. The van der Waals surface area contributed by atoms with Crippen LogP contribution in [0.15, 0.2) is 52.4 Å². The quantitative estimate of drug-likeness (QED) is 0.525. The minimum absolute atomic E-state index is 0.127. The fourth-order valence-corrected chi connectivity index (χ4v) is 4.18. The standard InChI is InChI=1S/C18H16Cl2N2O5S/c19-12-6-7-15(14(20)10-12)27-11-17(23)26-9-3-8-21-18-13-4-1-2-5-16(13)28(24,25)22-18/h1-2,4-7,10H,3,8-9,11H2,(H,21,22). The number of hydrogen-bond acceptors (Lipinski definition) is 6. The summed E-state index contributed by atoms with van der Waals surface area (Å²) < 4.78 is 36.7. The van der Waals surface area contributed by atoms with E-state index in [1.54, 1.807) is 30.3 Å². The number of ether oxygens (including phenoxy) is 2. The SMILES string of the molecule is O=C(COc1ccc(Cl)cc1Cl)OCCCN=C1NS(=O)(=O)c2ccccc21. The molecule has 0 aromatic heterocycles. The number of benzene rings is 2. The van der Waals surface area contributed by atoms with E-state index in [0.29, 0.717) is 40.2 Å². The van der Waals surface area contributed by atoms with Crippen molar-refractivity contribution in [1.29, 1.82) is 0 Å². The number of sulfonamides is 1.